The maximum Gasteiger partial charge on any atom is 0.390 e. The highest BCUT2D eigenvalue weighted by molar-refractivity contribution is 5.56. The summed E-state index contributed by atoms with van der Waals surface area (Å²) in [5.41, 5.74) is 2.32. The molecule has 2 nitrogen and oxygen atoms in total. The van der Waals surface area contributed by atoms with Crippen LogP contribution in [-0.2, 0) is 6.42 Å². The van der Waals surface area contributed by atoms with Crippen LogP contribution in [0.5, 0.6) is 0 Å². The summed E-state index contributed by atoms with van der Waals surface area (Å²) in [5, 5.41) is 6.12. The van der Waals surface area contributed by atoms with Crippen LogP contribution in [0.3, 0.4) is 0 Å². The Hall–Kier alpha value is -1.23. The molecule has 1 atom stereocenters. The lowest BCUT2D eigenvalue weighted by Crippen LogP contribution is -2.33. The summed E-state index contributed by atoms with van der Waals surface area (Å²) in [6.45, 7) is 0.544. The van der Waals surface area contributed by atoms with E-state index in [9.17, 15) is 13.2 Å². The van der Waals surface area contributed by atoms with E-state index in [0.717, 1.165) is 12.1 Å². The van der Waals surface area contributed by atoms with Crippen molar-refractivity contribution in [3.05, 3.63) is 29.8 Å². The Kier molecular flexibility index (Phi) is 3.57. The normalized spacial score (nSPS) is 18.9. The van der Waals surface area contributed by atoms with E-state index in [-0.39, 0.29) is 12.6 Å². The van der Waals surface area contributed by atoms with E-state index in [1.54, 1.807) is 0 Å². The first-order chi connectivity index (χ1) is 8.04. The SMILES string of the molecule is FC(F)(F)CCNCC1Cc2ccccc2N1. The van der Waals surface area contributed by atoms with Gasteiger partial charge in [-0.2, -0.15) is 13.2 Å². The second-order valence-corrected chi connectivity index (χ2v) is 4.27. The van der Waals surface area contributed by atoms with Crippen molar-refractivity contribution in [2.24, 2.45) is 0 Å². The molecule has 0 bridgehead atoms. The average Bonchev–Trinajstić information content (AvgIpc) is 2.65. The molecule has 1 aromatic carbocycles. The molecule has 1 aliphatic heterocycles. The van der Waals surface area contributed by atoms with Crippen LogP contribution in [0, 0.1) is 0 Å². The molecule has 0 spiro atoms. The number of benzene rings is 1. The van der Waals surface area contributed by atoms with Crippen molar-refractivity contribution >= 4 is 5.69 Å². The number of para-hydroxylation sites is 1. The van der Waals surface area contributed by atoms with Gasteiger partial charge in [-0.3, -0.25) is 0 Å². The second-order valence-electron chi connectivity index (χ2n) is 4.27. The number of hydrogen-bond donors (Lipinski definition) is 2. The molecule has 0 amide bonds. The molecule has 2 rings (SSSR count). The first kappa shape index (κ1) is 12.2. The van der Waals surface area contributed by atoms with Crippen LogP contribution < -0.4 is 10.6 Å². The lowest BCUT2D eigenvalue weighted by atomic mass is 10.1. The maximum atomic E-state index is 11.9. The monoisotopic (exact) mass is 244 g/mol. The van der Waals surface area contributed by atoms with Crippen LogP contribution in [-0.4, -0.2) is 25.3 Å². The Bertz CT molecular complexity index is 351. The number of halogens is 3. The highest BCUT2D eigenvalue weighted by atomic mass is 19.4. The van der Waals surface area contributed by atoms with E-state index in [0.29, 0.717) is 6.54 Å². The van der Waals surface area contributed by atoms with Crippen molar-refractivity contribution in [2.75, 3.05) is 18.4 Å². The minimum atomic E-state index is -4.07. The van der Waals surface area contributed by atoms with E-state index in [1.807, 2.05) is 24.3 Å². The van der Waals surface area contributed by atoms with Gasteiger partial charge in [-0.05, 0) is 18.1 Å². The second kappa shape index (κ2) is 4.96. The minimum Gasteiger partial charge on any atom is -0.380 e. The summed E-state index contributed by atoms with van der Waals surface area (Å²) in [5.74, 6) is 0. The molecule has 94 valence electrons. The summed E-state index contributed by atoms with van der Waals surface area (Å²) < 4.78 is 35.7. The predicted octanol–water partition coefficient (Wildman–Crippen LogP) is 2.57. The van der Waals surface area contributed by atoms with Crippen molar-refractivity contribution in [2.45, 2.75) is 25.1 Å². The number of nitrogens with one attached hydrogen (secondary N) is 2. The average molecular weight is 244 g/mol. The van der Waals surface area contributed by atoms with Crippen LogP contribution in [0.1, 0.15) is 12.0 Å². The number of rotatable bonds is 4. The number of alkyl halides is 3. The molecule has 1 aromatic rings. The van der Waals surface area contributed by atoms with Gasteiger partial charge < -0.3 is 10.6 Å². The van der Waals surface area contributed by atoms with Crippen molar-refractivity contribution in [3.8, 4) is 0 Å². The van der Waals surface area contributed by atoms with Crippen molar-refractivity contribution in [1.82, 2.24) is 5.32 Å². The Morgan fingerprint density at radius 1 is 1.29 bits per heavy atom. The topological polar surface area (TPSA) is 24.1 Å². The van der Waals surface area contributed by atoms with Crippen LogP contribution in [0.2, 0.25) is 0 Å². The zero-order chi connectivity index (χ0) is 12.3. The fraction of sp³-hybridized carbons (Fsp3) is 0.500. The smallest absolute Gasteiger partial charge is 0.380 e. The summed E-state index contributed by atoms with van der Waals surface area (Å²) in [7, 11) is 0. The molecule has 1 unspecified atom stereocenters. The Balaban J connectivity index is 1.70. The van der Waals surface area contributed by atoms with Gasteiger partial charge in [-0.25, -0.2) is 0 Å². The van der Waals surface area contributed by atoms with E-state index in [4.69, 9.17) is 0 Å². The zero-order valence-electron chi connectivity index (χ0n) is 9.35. The molecule has 0 fully saturated rings. The number of fused-ring (bicyclic) bond motifs is 1. The van der Waals surface area contributed by atoms with Gasteiger partial charge in [0.15, 0.2) is 0 Å². The fourth-order valence-corrected chi connectivity index (χ4v) is 2.01. The highest BCUT2D eigenvalue weighted by Gasteiger charge is 2.26. The third-order valence-corrected chi connectivity index (χ3v) is 2.82. The molecule has 0 aromatic heterocycles. The molecule has 2 N–H and O–H groups in total. The first-order valence-electron chi connectivity index (χ1n) is 5.66. The van der Waals surface area contributed by atoms with E-state index >= 15 is 0 Å². The highest BCUT2D eigenvalue weighted by Crippen LogP contribution is 2.24. The van der Waals surface area contributed by atoms with Crippen molar-refractivity contribution < 1.29 is 13.2 Å². The largest absolute Gasteiger partial charge is 0.390 e. The Labute approximate surface area is 98.2 Å². The van der Waals surface area contributed by atoms with E-state index in [1.165, 1.54) is 5.56 Å². The van der Waals surface area contributed by atoms with Gasteiger partial charge in [0, 0.05) is 24.8 Å². The molecule has 1 heterocycles. The molecule has 17 heavy (non-hydrogen) atoms. The molecule has 0 aliphatic carbocycles. The van der Waals surface area contributed by atoms with Crippen molar-refractivity contribution in [3.63, 3.8) is 0 Å². The Morgan fingerprint density at radius 2 is 2.06 bits per heavy atom. The fourth-order valence-electron chi connectivity index (χ4n) is 2.01. The summed E-state index contributed by atoms with van der Waals surface area (Å²) in [6, 6.07) is 8.15. The maximum absolute atomic E-state index is 11.9. The van der Waals surface area contributed by atoms with Crippen LogP contribution >= 0.6 is 0 Å². The quantitative estimate of drug-likeness (QED) is 0.795. The van der Waals surface area contributed by atoms with Gasteiger partial charge in [0.25, 0.3) is 0 Å². The Morgan fingerprint density at radius 3 is 2.76 bits per heavy atom. The molecule has 5 heteroatoms. The minimum absolute atomic E-state index is 0.0158. The van der Waals surface area contributed by atoms with Crippen LogP contribution in [0.15, 0.2) is 24.3 Å². The van der Waals surface area contributed by atoms with Gasteiger partial charge in [-0.1, -0.05) is 18.2 Å². The number of hydrogen-bond acceptors (Lipinski definition) is 2. The number of anilines is 1. The molecule has 1 aliphatic rings. The molecule has 0 saturated heterocycles. The van der Waals surface area contributed by atoms with E-state index in [2.05, 4.69) is 10.6 Å². The van der Waals surface area contributed by atoms with Crippen LogP contribution in [0.25, 0.3) is 0 Å². The van der Waals surface area contributed by atoms with Crippen molar-refractivity contribution in [1.29, 1.82) is 0 Å². The van der Waals surface area contributed by atoms with Gasteiger partial charge >= 0.3 is 6.18 Å². The molecule has 0 saturated carbocycles. The van der Waals surface area contributed by atoms with Gasteiger partial charge in [0.05, 0.1) is 6.42 Å². The zero-order valence-corrected chi connectivity index (χ0v) is 9.35. The molecule has 0 radical (unpaired) electrons. The third-order valence-electron chi connectivity index (χ3n) is 2.82. The van der Waals surface area contributed by atoms with Gasteiger partial charge in [0.2, 0.25) is 0 Å². The summed E-state index contributed by atoms with van der Waals surface area (Å²) >= 11 is 0. The van der Waals surface area contributed by atoms with Gasteiger partial charge in [0.1, 0.15) is 0 Å². The third kappa shape index (κ3) is 3.63. The van der Waals surface area contributed by atoms with Crippen LogP contribution in [0.4, 0.5) is 18.9 Å². The standard InChI is InChI=1S/C12H15F3N2/c13-12(14,15)5-6-16-8-10-7-9-3-1-2-4-11(9)17-10/h1-4,10,16-17H,5-8H2. The summed E-state index contributed by atoms with van der Waals surface area (Å²) in [6.07, 6.45) is -3.97. The first-order valence-corrected chi connectivity index (χ1v) is 5.66. The summed E-state index contributed by atoms with van der Waals surface area (Å²) in [4.78, 5) is 0. The lowest BCUT2D eigenvalue weighted by molar-refractivity contribution is -0.133. The van der Waals surface area contributed by atoms with Gasteiger partial charge in [-0.15, -0.1) is 0 Å². The lowest BCUT2D eigenvalue weighted by Gasteiger charge is -2.13. The molecular formula is C12H15F3N2. The van der Waals surface area contributed by atoms with E-state index < -0.39 is 12.6 Å². The molecular weight excluding hydrogens is 229 g/mol. The predicted molar refractivity (Wildman–Crippen MR) is 61.1 cm³/mol.